The molecule has 3 aromatic rings. The summed E-state index contributed by atoms with van der Waals surface area (Å²) in [6.45, 7) is 3.13. The van der Waals surface area contributed by atoms with Gasteiger partial charge in [-0.2, -0.15) is 0 Å². The first-order valence-corrected chi connectivity index (χ1v) is 9.97. The van der Waals surface area contributed by atoms with Crippen LogP contribution in [-0.2, 0) is 20.0 Å². The van der Waals surface area contributed by atoms with Crippen LogP contribution in [0.15, 0.2) is 54.6 Å². The van der Waals surface area contributed by atoms with Crippen molar-refractivity contribution in [2.75, 3.05) is 19.7 Å². The van der Waals surface area contributed by atoms with Crippen molar-refractivity contribution in [1.29, 1.82) is 0 Å². The molecule has 27 heavy (non-hydrogen) atoms. The maximum absolute atomic E-state index is 10.2. The minimum absolute atomic E-state index is 0.00131. The van der Waals surface area contributed by atoms with Gasteiger partial charge in [-0.25, -0.2) is 4.98 Å². The van der Waals surface area contributed by atoms with E-state index in [1.807, 2.05) is 6.07 Å². The summed E-state index contributed by atoms with van der Waals surface area (Å²) in [7, 11) is 2.10. The number of rotatable bonds is 6. The van der Waals surface area contributed by atoms with E-state index < -0.39 is 0 Å². The Bertz CT molecular complexity index is 889. The Morgan fingerprint density at radius 2 is 1.85 bits per heavy atom. The molecule has 1 aliphatic heterocycles. The summed E-state index contributed by atoms with van der Waals surface area (Å²) in [5, 5.41) is 10.2. The number of aryl methyl sites for hydroxylation is 2. The highest BCUT2D eigenvalue weighted by Crippen LogP contribution is 2.35. The zero-order valence-corrected chi connectivity index (χ0v) is 16.1. The molecule has 4 nitrogen and oxygen atoms in total. The number of aliphatic hydroxyl groups is 1. The van der Waals surface area contributed by atoms with Crippen molar-refractivity contribution in [3.63, 3.8) is 0 Å². The van der Waals surface area contributed by atoms with Crippen molar-refractivity contribution in [3.05, 3.63) is 66.0 Å². The summed E-state index contributed by atoms with van der Waals surface area (Å²) in [6.07, 6.45) is 4.31. The lowest BCUT2D eigenvalue weighted by Crippen LogP contribution is -2.45. The molecule has 1 aromatic heterocycles. The zero-order chi connectivity index (χ0) is 18.7. The number of hydrogen-bond donors (Lipinski definition) is 1. The average molecular weight is 364 g/mol. The number of likely N-dealkylation sites (tertiary alicyclic amines) is 1. The molecule has 0 unspecified atom stereocenters. The molecule has 0 spiro atoms. The Morgan fingerprint density at radius 3 is 2.63 bits per heavy atom. The summed E-state index contributed by atoms with van der Waals surface area (Å²) in [5.74, 6) is 1.10. The monoisotopic (exact) mass is 363 g/mol. The Hall–Kier alpha value is -2.17. The number of imidazole rings is 1. The van der Waals surface area contributed by atoms with Crippen LogP contribution in [0.3, 0.4) is 0 Å². The van der Waals surface area contributed by atoms with Crippen molar-refractivity contribution >= 4 is 11.0 Å². The largest absolute Gasteiger partial charge is 0.396 e. The number of benzene rings is 2. The molecule has 1 fully saturated rings. The first kappa shape index (κ1) is 18.2. The van der Waals surface area contributed by atoms with Crippen LogP contribution in [0.4, 0.5) is 0 Å². The molecule has 2 heterocycles. The lowest BCUT2D eigenvalue weighted by atomic mass is 9.76. The lowest BCUT2D eigenvalue weighted by Gasteiger charge is -2.42. The molecule has 1 aliphatic rings. The molecular weight excluding hydrogens is 334 g/mol. The molecule has 0 amide bonds. The summed E-state index contributed by atoms with van der Waals surface area (Å²) in [4.78, 5) is 7.31. The number of para-hydroxylation sites is 2. The lowest BCUT2D eigenvalue weighted by molar-refractivity contribution is 0.0211. The molecule has 0 radical (unpaired) electrons. The molecular formula is C23H29N3O. The Labute approximate surface area is 161 Å². The SMILES string of the molecule is Cn1c(CN2CCC[C@@](CO)(CCc3ccccc3)C2)nc2ccccc21. The number of aromatic nitrogens is 2. The third kappa shape index (κ3) is 3.92. The topological polar surface area (TPSA) is 41.3 Å². The molecule has 1 saturated heterocycles. The highest BCUT2D eigenvalue weighted by atomic mass is 16.3. The van der Waals surface area contributed by atoms with Crippen LogP contribution in [0.5, 0.6) is 0 Å². The van der Waals surface area contributed by atoms with Gasteiger partial charge in [-0.15, -0.1) is 0 Å². The smallest absolute Gasteiger partial charge is 0.123 e. The summed E-state index contributed by atoms with van der Waals surface area (Å²) >= 11 is 0. The molecule has 0 aliphatic carbocycles. The number of piperidine rings is 1. The van der Waals surface area contributed by atoms with Crippen LogP contribution in [-0.4, -0.2) is 39.3 Å². The molecule has 1 N–H and O–H groups in total. The van der Waals surface area contributed by atoms with Gasteiger partial charge in [0.05, 0.1) is 17.6 Å². The zero-order valence-electron chi connectivity index (χ0n) is 16.1. The van der Waals surface area contributed by atoms with Crippen LogP contribution < -0.4 is 0 Å². The Morgan fingerprint density at radius 1 is 1.07 bits per heavy atom. The van der Waals surface area contributed by atoms with Crippen molar-refractivity contribution in [2.24, 2.45) is 12.5 Å². The van der Waals surface area contributed by atoms with Gasteiger partial charge in [0, 0.05) is 25.6 Å². The molecule has 4 heteroatoms. The third-order valence-electron chi connectivity index (χ3n) is 6.11. The van der Waals surface area contributed by atoms with Gasteiger partial charge in [0.1, 0.15) is 5.82 Å². The predicted molar refractivity (Wildman–Crippen MR) is 110 cm³/mol. The third-order valence-corrected chi connectivity index (χ3v) is 6.11. The van der Waals surface area contributed by atoms with Gasteiger partial charge in [-0.3, -0.25) is 4.90 Å². The van der Waals surface area contributed by atoms with Gasteiger partial charge >= 0.3 is 0 Å². The van der Waals surface area contributed by atoms with Crippen molar-refractivity contribution in [2.45, 2.75) is 32.2 Å². The standard InChI is InChI=1S/C23H29N3O/c1-25-21-11-6-5-10-20(21)24-22(25)16-26-15-7-13-23(17-26,18-27)14-12-19-8-3-2-4-9-19/h2-6,8-11,27H,7,12-18H2,1H3/t23-/m1/s1. The van der Waals surface area contributed by atoms with Gasteiger partial charge in [-0.1, -0.05) is 42.5 Å². The molecule has 142 valence electrons. The van der Waals surface area contributed by atoms with E-state index in [0.29, 0.717) is 0 Å². The van der Waals surface area contributed by atoms with E-state index in [2.05, 4.69) is 65.0 Å². The number of fused-ring (bicyclic) bond motifs is 1. The second-order valence-corrected chi connectivity index (χ2v) is 8.03. The highest BCUT2D eigenvalue weighted by molar-refractivity contribution is 5.75. The fourth-order valence-electron chi connectivity index (χ4n) is 4.45. The minimum atomic E-state index is -0.00131. The van der Waals surface area contributed by atoms with Crippen LogP contribution in [0.1, 0.15) is 30.7 Å². The van der Waals surface area contributed by atoms with Crippen LogP contribution in [0, 0.1) is 5.41 Å². The van der Waals surface area contributed by atoms with Crippen molar-refractivity contribution < 1.29 is 5.11 Å². The molecule has 0 saturated carbocycles. The highest BCUT2D eigenvalue weighted by Gasteiger charge is 2.35. The summed E-state index contributed by atoms with van der Waals surface area (Å²) < 4.78 is 2.20. The summed E-state index contributed by atoms with van der Waals surface area (Å²) in [5.41, 5.74) is 3.60. The Kier molecular flexibility index (Phi) is 5.28. The van der Waals surface area contributed by atoms with Crippen LogP contribution >= 0.6 is 0 Å². The number of nitrogens with zero attached hydrogens (tertiary/aromatic N) is 3. The van der Waals surface area contributed by atoms with Crippen molar-refractivity contribution in [3.8, 4) is 0 Å². The molecule has 1 atom stereocenters. The maximum Gasteiger partial charge on any atom is 0.123 e. The summed E-state index contributed by atoms with van der Waals surface area (Å²) in [6, 6.07) is 18.9. The number of aliphatic hydroxyl groups excluding tert-OH is 1. The quantitative estimate of drug-likeness (QED) is 0.725. The van der Waals surface area contributed by atoms with Gasteiger partial charge in [-0.05, 0) is 49.9 Å². The minimum Gasteiger partial charge on any atom is -0.396 e. The normalized spacial score (nSPS) is 21.0. The van der Waals surface area contributed by atoms with Crippen LogP contribution in [0.25, 0.3) is 11.0 Å². The molecule has 2 aromatic carbocycles. The van der Waals surface area contributed by atoms with E-state index in [9.17, 15) is 5.11 Å². The van der Waals surface area contributed by atoms with Crippen molar-refractivity contribution in [1.82, 2.24) is 14.5 Å². The van der Waals surface area contributed by atoms with E-state index in [1.165, 1.54) is 11.1 Å². The predicted octanol–water partition coefficient (Wildman–Crippen LogP) is 3.78. The van der Waals surface area contributed by atoms with E-state index in [4.69, 9.17) is 4.98 Å². The van der Waals surface area contributed by atoms with Gasteiger partial charge in [0.15, 0.2) is 0 Å². The second-order valence-electron chi connectivity index (χ2n) is 8.03. The van der Waals surface area contributed by atoms with Crippen LogP contribution in [0.2, 0.25) is 0 Å². The maximum atomic E-state index is 10.2. The van der Waals surface area contributed by atoms with Gasteiger partial charge in [0.2, 0.25) is 0 Å². The van der Waals surface area contributed by atoms with E-state index in [0.717, 1.165) is 56.7 Å². The Balaban J connectivity index is 1.46. The van der Waals surface area contributed by atoms with E-state index >= 15 is 0 Å². The second kappa shape index (κ2) is 7.83. The fourth-order valence-corrected chi connectivity index (χ4v) is 4.45. The molecule has 4 rings (SSSR count). The fraction of sp³-hybridized carbons (Fsp3) is 0.435. The number of hydrogen-bond acceptors (Lipinski definition) is 3. The first-order valence-electron chi connectivity index (χ1n) is 9.97. The van der Waals surface area contributed by atoms with Gasteiger partial charge < -0.3 is 9.67 Å². The molecule has 0 bridgehead atoms. The van der Waals surface area contributed by atoms with Gasteiger partial charge in [0.25, 0.3) is 0 Å². The van der Waals surface area contributed by atoms with E-state index in [-0.39, 0.29) is 12.0 Å². The van der Waals surface area contributed by atoms with E-state index in [1.54, 1.807) is 0 Å². The first-order chi connectivity index (χ1) is 13.2. The average Bonchev–Trinajstić information content (AvgIpc) is 3.03.